The third-order valence-electron chi connectivity index (χ3n) is 5.55. The fourth-order valence-corrected chi connectivity index (χ4v) is 4.32. The molecule has 2 aromatic rings. The van der Waals surface area contributed by atoms with Crippen molar-refractivity contribution in [2.45, 2.75) is 38.1 Å². The molecule has 0 spiro atoms. The lowest BCUT2D eigenvalue weighted by atomic mass is 9.96. The van der Waals surface area contributed by atoms with Crippen molar-refractivity contribution >= 4 is 17.5 Å². The van der Waals surface area contributed by atoms with Crippen LogP contribution in [0.25, 0.3) is 11.1 Å². The van der Waals surface area contributed by atoms with E-state index in [0.29, 0.717) is 11.9 Å². The van der Waals surface area contributed by atoms with Crippen LogP contribution in [0.3, 0.4) is 0 Å². The topological polar surface area (TPSA) is 33.2 Å². The number of hydrogen-bond donors (Lipinski definition) is 0. The van der Waals surface area contributed by atoms with Crippen LogP contribution in [0.1, 0.15) is 31.2 Å². The maximum absolute atomic E-state index is 12.9. The molecule has 0 saturated carbocycles. The second-order valence-corrected chi connectivity index (χ2v) is 7.61. The number of nitrogens with zero attached hydrogens (tertiary/aromatic N) is 2. The number of rotatable bonds is 4. The normalized spacial score (nSPS) is 22.8. The fourth-order valence-electron chi connectivity index (χ4n) is 4.07. The van der Waals surface area contributed by atoms with Gasteiger partial charge in [0, 0.05) is 41.5 Å². The van der Waals surface area contributed by atoms with Crippen LogP contribution in [-0.4, -0.2) is 28.4 Å². The molecular weight excluding hydrogens is 344 g/mol. The molecule has 0 N–H and O–H groups in total. The summed E-state index contributed by atoms with van der Waals surface area (Å²) >= 11 is 6.54. The van der Waals surface area contributed by atoms with Crippen LogP contribution < -0.4 is 0 Å². The van der Waals surface area contributed by atoms with Crippen molar-refractivity contribution in [3.63, 3.8) is 0 Å². The van der Waals surface area contributed by atoms with Crippen LogP contribution in [0.5, 0.6) is 0 Å². The number of allylic oxidation sites excluding steroid dienone is 1. The Hall–Kier alpha value is -2.13. The Bertz CT molecular complexity index is 818. The molecule has 2 heterocycles. The van der Waals surface area contributed by atoms with Crippen molar-refractivity contribution in [3.8, 4) is 11.1 Å². The minimum atomic E-state index is 0.0580. The quantitative estimate of drug-likeness (QED) is 0.721. The molecule has 1 aromatic heterocycles. The van der Waals surface area contributed by atoms with Crippen LogP contribution in [0, 0.1) is 5.92 Å². The van der Waals surface area contributed by atoms with Crippen LogP contribution in [0.15, 0.2) is 54.9 Å². The number of carbonyl (C=O) groups is 1. The second kappa shape index (κ2) is 7.63. The number of pyridine rings is 1. The highest BCUT2D eigenvalue weighted by Gasteiger charge is 2.35. The van der Waals surface area contributed by atoms with E-state index < -0.39 is 0 Å². The van der Waals surface area contributed by atoms with Crippen molar-refractivity contribution in [1.29, 1.82) is 0 Å². The van der Waals surface area contributed by atoms with Crippen LogP contribution >= 0.6 is 11.6 Å². The van der Waals surface area contributed by atoms with Crippen molar-refractivity contribution in [1.82, 2.24) is 9.88 Å². The van der Waals surface area contributed by atoms with Gasteiger partial charge in [0.25, 0.3) is 0 Å². The van der Waals surface area contributed by atoms with Crippen LogP contribution in [0.2, 0.25) is 5.02 Å². The Labute approximate surface area is 159 Å². The Kier molecular flexibility index (Phi) is 5.07. The third kappa shape index (κ3) is 3.54. The molecule has 2 atom stereocenters. The van der Waals surface area contributed by atoms with Gasteiger partial charge >= 0.3 is 0 Å². The predicted octanol–water partition coefficient (Wildman–Crippen LogP) is 4.90. The molecule has 1 aromatic carbocycles. The minimum absolute atomic E-state index is 0.0580. The monoisotopic (exact) mass is 366 g/mol. The lowest BCUT2D eigenvalue weighted by Crippen LogP contribution is -2.38. The molecule has 26 heavy (non-hydrogen) atoms. The Morgan fingerprint density at radius 1 is 1.15 bits per heavy atom. The van der Waals surface area contributed by atoms with Gasteiger partial charge in [-0.05, 0) is 55.4 Å². The second-order valence-electron chi connectivity index (χ2n) is 7.21. The number of aromatic nitrogens is 1. The first-order valence-electron chi connectivity index (χ1n) is 9.36. The first-order valence-corrected chi connectivity index (χ1v) is 9.74. The van der Waals surface area contributed by atoms with Gasteiger partial charge in [-0.3, -0.25) is 9.78 Å². The van der Waals surface area contributed by atoms with Crippen molar-refractivity contribution in [3.05, 3.63) is 65.5 Å². The van der Waals surface area contributed by atoms with Gasteiger partial charge in [0.1, 0.15) is 0 Å². The first kappa shape index (κ1) is 17.3. The van der Waals surface area contributed by atoms with E-state index in [4.69, 9.17) is 11.6 Å². The van der Waals surface area contributed by atoms with Gasteiger partial charge in [-0.2, -0.15) is 0 Å². The van der Waals surface area contributed by atoms with Gasteiger partial charge in [-0.1, -0.05) is 42.0 Å². The molecule has 0 radical (unpaired) electrons. The van der Waals surface area contributed by atoms with Gasteiger partial charge in [0.15, 0.2) is 0 Å². The maximum atomic E-state index is 12.9. The first-order chi connectivity index (χ1) is 12.7. The molecule has 134 valence electrons. The summed E-state index contributed by atoms with van der Waals surface area (Å²) in [6, 6.07) is 10.4. The fraction of sp³-hybridized carbons (Fsp3) is 0.364. The average molecular weight is 367 g/mol. The number of hydrogen-bond acceptors (Lipinski definition) is 2. The summed E-state index contributed by atoms with van der Waals surface area (Å²) in [6.07, 6.45) is 12.9. The number of likely N-dealkylation sites (tertiary alicyclic amines) is 1. The van der Waals surface area contributed by atoms with E-state index in [1.807, 2.05) is 24.4 Å². The van der Waals surface area contributed by atoms with Gasteiger partial charge in [-0.25, -0.2) is 0 Å². The van der Waals surface area contributed by atoms with E-state index in [9.17, 15) is 4.79 Å². The molecule has 4 rings (SSSR count). The molecule has 3 nitrogen and oxygen atoms in total. The summed E-state index contributed by atoms with van der Waals surface area (Å²) in [5.41, 5.74) is 3.16. The SMILES string of the molecule is O=C1C(Cc2ccc(-c3cccnc3)cc2Cl)CCN1C1CC=CCC1. The van der Waals surface area contributed by atoms with E-state index in [0.717, 1.165) is 60.4 Å². The molecule has 1 aliphatic heterocycles. The predicted molar refractivity (Wildman–Crippen MR) is 105 cm³/mol. The molecule has 4 heteroatoms. The lowest BCUT2D eigenvalue weighted by molar-refractivity contribution is -0.133. The van der Waals surface area contributed by atoms with E-state index in [1.165, 1.54) is 0 Å². The molecule has 1 aliphatic carbocycles. The van der Waals surface area contributed by atoms with Crippen molar-refractivity contribution in [2.75, 3.05) is 6.54 Å². The summed E-state index contributed by atoms with van der Waals surface area (Å²) in [7, 11) is 0. The highest BCUT2D eigenvalue weighted by molar-refractivity contribution is 6.31. The molecule has 1 fully saturated rings. The number of carbonyl (C=O) groups excluding carboxylic acids is 1. The molecule has 2 unspecified atom stereocenters. The largest absolute Gasteiger partial charge is 0.339 e. The minimum Gasteiger partial charge on any atom is -0.339 e. The molecule has 2 aliphatic rings. The van der Waals surface area contributed by atoms with E-state index >= 15 is 0 Å². The molecule has 0 bridgehead atoms. The Morgan fingerprint density at radius 3 is 2.81 bits per heavy atom. The summed E-state index contributed by atoms with van der Waals surface area (Å²) in [5.74, 6) is 0.361. The van der Waals surface area contributed by atoms with E-state index in [2.05, 4.69) is 34.2 Å². The van der Waals surface area contributed by atoms with Gasteiger partial charge < -0.3 is 4.90 Å². The zero-order valence-electron chi connectivity index (χ0n) is 14.8. The molecule has 1 saturated heterocycles. The highest BCUT2D eigenvalue weighted by Crippen LogP contribution is 2.32. The van der Waals surface area contributed by atoms with Gasteiger partial charge in [-0.15, -0.1) is 0 Å². The maximum Gasteiger partial charge on any atom is 0.226 e. The van der Waals surface area contributed by atoms with E-state index in [-0.39, 0.29) is 5.92 Å². The van der Waals surface area contributed by atoms with E-state index in [1.54, 1.807) is 6.20 Å². The summed E-state index contributed by atoms with van der Waals surface area (Å²) in [6.45, 7) is 0.882. The van der Waals surface area contributed by atoms with Crippen molar-refractivity contribution < 1.29 is 4.79 Å². The van der Waals surface area contributed by atoms with Crippen LogP contribution in [0.4, 0.5) is 0 Å². The van der Waals surface area contributed by atoms with Gasteiger partial charge in [0.2, 0.25) is 5.91 Å². The number of halogens is 1. The molecule has 1 amide bonds. The Balaban J connectivity index is 1.46. The summed E-state index contributed by atoms with van der Waals surface area (Å²) in [5, 5.41) is 0.734. The highest BCUT2D eigenvalue weighted by atomic mass is 35.5. The van der Waals surface area contributed by atoms with Crippen molar-refractivity contribution in [2.24, 2.45) is 5.92 Å². The van der Waals surface area contributed by atoms with Crippen LogP contribution in [-0.2, 0) is 11.2 Å². The zero-order valence-corrected chi connectivity index (χ0v) is 15.5. The number of benzene rings is 1. The summed E-state index contributed by atoms with van der Waals surface area (Å²) in [4.78, 5) is 19.1. The third-order valence-corrected chi connectivity index (χ3v) is 5.90. The standard InChI is InChI=1S/C22H23ClN2O/c23-21-14-16(19-5-4-11-24-15-19)8-9-17(21)13-18-10-12-25(22(18)26)20-6-2-1-3-7-20/h1-2,4-5,8-9,11,14-15,18,20H,3,6-7,10,12-13H2. The lowest BCUT2D eigenvalue weighted by Gasteiger charge is -2.29. The van der Waals surface area contributed by atoms with Gasteiger partial charge in [0.05, 0.1) is 0 Å². The number of amides is 1. The smallest absolute Gasteiger partial charge is 0.226 e. The molecular formula is C22H23ClN2O. The Morgan fingerprint density at radius 2 is 2.08 bits per heavy atom. The summed E-state index contributed by atoms with van der Waals surface area (Å²) < 4.78 is 0. The average Bonchev–Trinajstić information content (AvgIpc) is 3.05. The zero-order chi connectivity index (χ0) is 17.9.